The number of halogens is 6. The summed E-state index contributed by atoms with van der Waals surface area (Å²) in [6.07, 6.45) is 2.66. The number of likely N-dealkylation sites (tertiary alicyclic amines) is 4. The van der Waals surface area contributed by atoms with Crippen LogP contribution in [0.4, 0.5) is 26.3 Å². The van der Waals surface area contributed by atoms with E-state index < -0.39 is 18.8 Å². The Morgan fingerprint density at radius 1 is 0.442 bits per heavy atom. The quantitative estimate of drug-likeness (QED) is 0.250. The van der Waals surface area contributed by atoms with Crippen molar-refractivity contribution in [2.75, 3.05) is 79.0 Å². The average Bonchev–Trinajstić information content (AvgIpc) is 2.93. The zero-order chi connectivity index (χ0) is 40.3. The van der Waals surface area contributed by atoms with Crippen LogP contribution in [0.25, 0.3) is 0 Å². The Hall–Kier alpha value is -0.580. The Morgan fingerprint density at radius 3 is 1.02 bits per heavy atom. The van der Waals surface area contributed by atoms with Gasteiger partial charge in [-0.2, -0.15) is 0 Å². The zero-order valence-corrected chi connectivity index (χ0v) is 36.0. The minimum atomic E-state index is -2.55. The van der Waals surface area contributed by atoms with E-state index in [0.717, 1.165) is 77.8 Å². The lowest BCUT2D eigenvalue weighted by Crippen LogP contribution is -2.53. The molecular weight excluding hydrogens is 674 g/mol. The molecule has 4 saturated heterocycles. The van der Waals surface area contributed by atoms with Crippen molar-refractivity contribution < 1.29 is 26.3 Å². The van der Waals surface area contributed by atoms with Gasteiger partial charge in [0.1, 0.15) is 0 Å². The van der Waals surface area contributed by atoms with Crippen LogP contribution in [-0.2, 0) is 0 Å². The van der Waals surface area contributed by atoms with Gasteiger partial charge in [0.2, 0.25) is 0 Å². The summed E-state index contributed by atoms with van der Waals surface area (Å²) in [7, 11) is 2.22. The Labute approximate surface area is 317 Å². The number of alkyl halides is 6. The Morgan fingerprint density at radius 2 is 0.731 bits per heavy atom. The molecule has 0 aromatic rings. The number of nitrogens with zero attached hydrogens (tertiary/aromatic N) is 4. The van der Waals surface area contributed by atoms with Crippen LogP contribution in [0.1, 0.15) is 129 Å². The van der Waals surface area contributed by atoms with Crippen molar-refractivity contribution in [1.29, 1.82) is 0 Å². The third-order valence-corrected chi connectivity index (χ3v) is 12.0. The number of hydrogen-bond acceptors (Lipinski definition) is 4. The zero-order valence-electron chi connectivity index (χ0n) is 36.0. The van der Waals surface area contributed by atoms with E-state index in [2.05, 4.69) is 95.0 Å². The smallest absolute Gasteiger partial charge is 0.257 e. The molecule has 0 spiro atoms. The lowest BCUT2D eigenvalue weighted by Gasteiger charge is -2.46. The SMILES string of the molecule is CC(C)(C)C1CCN(CC(F)F)CC1.CC(C)(C)C1CN(CC(F)F)C1.CC(F)(F)CN1CCC(C(C)(C)C)CC1.CN1CCC(C(C)(C)C)CC1. The Kier molecular flexibility index (Phi) is 20.0. The molecule has 312 valence electrons. The van der Waals surface area contributed by atoms with E-state index in [4.69, 9.17) is 0 Å². The molecule has 0 saturated carbocycles. The molecule has 0 bridgehead atoms. The van der Waals surface area contributed by atoms with Gasteiger partial charge in [0.25, 0.3) is 18.8 Å². The molecule has 0 aromatic carbocycles. The van der Waals surface area contributed by atoms with Gasteiger partial charge in [0.15, 0.2) is 0 Å². The highest BCUT2D eigenvalue weighted by molar-refractivity contribution is 4.88. The summed E-state index contributed by atoms with van der Waals surface area (Å²) in [5, 5.41) is 0. The van der Waals surface area contributed by atoms with E-state index in [1.54, 1.807) is 0 Å². The fourth-order valence-electron chi connectivity index (χ4n) is 7.86. The van der Waals surface area contributed by atoms with E-state index in [0.29, 0.717) is 34.0 Å². The molecule has 0 aromatic heterocycles. The first-order valence-electron chi connectivity index (χ1n) is 20.3. The van der Waals surface area contributed by atoms with Gasteiger partial charge in [0, 0.05) is 20.0 Å². The molecule has 4 aliphatic rings. The summed E-state index contributed by atoms with van der Waals surface area (Å²) in [6.45, 7) is 35.4. The fraction of sp³-hybridized carbons (Fsp3) is 1.00. The lowest BCUT2D eigenvalue weighted by molar-refractivity contribution is -0.0271. The van der Waals surface area contributed by atoms with E-state index in [-0.39, 0.29) is 25.0 Å². The lowest BCUT2D eigenvalue weighted by atomic mass is 9.75. The Bertz CT molecular complexity index is 930. The second-order valence-corrected chi connectivity index (χ2v) is 20.9. The van der Waals surface area contributed by atoms with Gasteiger partial charge in [-0.05, 0) is 130 Å². The van der Waals surface area contributed by atoms with E-state index in [1.807, 2.05) is 14.7 Å². The van der Waals surface area contributed by atoms with Crippen LogP contribution in [0.2, 0.25) is 0 Å². The second kappa shape index (κ2) is 21.1. The van der Waals surface area contributed by atoms with Gasteiger partial charge >= 0.3 is 0 Å². The predicted octanol–water partition coefficient (Wildman–Crippen LogP) is 11.0. The predicted molar refractivity (Wildman–Crippen MR) is 209 cm³/mol. The third-order valence-electron chi connectivity index (χ3n) is 12.0. The highest BCUT2D eigenvalue weighted by atomic mass is 19.3. The molecule has 4 heterocycles. The van der Waals surface area contributed by atoms with Crippen LogP contribution in [0.15, 0.2) is 0 Å². The second-order valence-electron chi connectivity index (χ2n) is 20.9. The maximum absolute atomic E-state index is 12.8. The first kappa shape index (κ1) is 49.4. The monoisotopic (exact) mass is 757 g/mol. The molecule has 0 N–H and O–H groups in total. The van der Waals surface area contributed by atoms with Crippen LogP contribution >= 0.6 is 0 Å². The molecule has 4 nitrogen and oxygen atoms in total. The molecular formula is C42H82F6N4. The molecule has 10 heteroatoms. The van der Waals surface area contributed by atoms with Crippen LogP contribution < -0.4 is 0 Å². The number of rotatable bonds is 6. The van der Waals surface area contributed by atoms with Gasteiger partial charge in [-0.25, -0.2) is 26.3 Å². The topological polar surface area (TPSA) is 13.0 Å². The van der Waals surface area contributed by atoms with Crippen molar-refractivity contribution in [3.8, 4) is 0 Å². The maximum Gasteiger partial charge on any atom is 0.257 e. The summed E-state index contributed by atoms with van der Waals surface area (Å²) in [5.74, 6) is 0.361. The molecule has 4 aliphatic heterocycles. The molecule has 4 rings (SSSR count). The van der Waals surface area contributed by atoms with Crippen LogP contribution in [0.3, 0.4) is 0 Å². The average molecular weight is 757 g/mol. The third kappa shape index (κ3) is 20.9. The molecule has 0 radical (unpaired) electrons. The molecule has 4 fully saturated rings. The van der Waals surface area contributed by atoms with E-state index in [1.165, 1.54) is 25.9 Å². The highest BCUT2D eigenvalue weighted by Crippen LogP contribution is 2.37. The van der Waals surface area contributed by atoms with Gasteiger partial charge in [0.05, 0.1) is 19.6 Å². The van der Waals surface area contributed by atoms with Crippen molar-refractivity contribution in [2.24, 2.45) is 45.3 Å². The summed E-state index contributed by atoms with van der Waals surface area (Å²) in [4.78, 5) is 8.03. The molecule has 0 aliphatic carbocycles. The maximum atomic E-state index is 12.8. The van der Waals surface area contributed by atoms with E-state index in [9.17, 15) is 26.3 Å². The van der Waals surface area contributed by atoms with Crippen molar-refractivity contribution >= 4 is 0 Å². The first-order chi connectivity index (χ1) is 23.5. The molecule has 0 amide bonds. The summed E-state index contributed by atoms with van der Waals surface area (Å²) in [5.41, 5.74) is 1.46. The van der Waals surface area contributed by atoms with Gasteiger partial charge in [-0.3, -0.25) is 14.7 Å². The van der Waals surface area contributed by atoms with Crippen molar-refractivity contribution in [1.82, 2.24) is 19.6 Å². The summed E-state index contributed by atoms with van der Waals surface area (Å²) < 4.78 is 73.6. The Balaban J connectivity index is 0.000000349. The number of piperidine rings is 3. The van der Waals surface area contributed by atoms with Crippen LogP contribution in [-0.4, -0.2) is 117 Å². The molecule has 0 unspecified atom stereocenters. The number of hydrogen-bond donors (Lipinski definition) is 0. The molecule has 0 atom stereocenters. The van der Waals surface area contributed by atoms with Gasteiger partial charge < -0.3 is 4.90 Å². The fourth-order valence-corrected chi connectivity index (χ4v) is 7.86. The highest BCUT2D eigenvalue weighted by Gasteiger charge is 2.36. The van der Waals surface area contributed by atoms with Crippen LogP contribution in [0.5, 0.6) is 0 Å². The minimum absolute atomic E-state index is 0.0448. The normalized spacial score (nSPS) is 22.3. The van der Waals surface area contributed by atoms with Crippen LogP contribution in [0, 0.1) is 45.3 Å². The molecule has 52 heavy (non-hydrogen) atoms. The largest absolute Gasteiger partial charge is 0.306 e. The van der Waals surface area contributed by atoms with Gasteiger partial charge in [-0.15, -0.1) is 0 Å². The van der Waals surface area contributed by atoms with Crippen molar-refractivity contribution in [2.45, 2.75) is 147 Å². The standard InChI is InChI=1S/C12H23F2N.C11H21F2N.C10H21N.C9H17F2N/c1-11(2,3)10-5-7-15(8-6-10)9-12(4,13)14;1-11(2,3)9-4-6-14(7-5-9)8-10(12)13;1-10(2,3)9-5-7-11(4)8-6-9;1-9(2,3)7-4-12(5-7)6-8(10)11/h10H,5-9H2,1-4H3;9-10H,4-8H2,1-3H3;9H,5-8H2,1-4H3;7-8H,4-6H2,1-3H3. The summed E-state index contributed by atoms with van der Waals surface area (Å²) in [6, 6.07) is 0. The summed E-state index contributed by atoms with van der Waals surface area (Å²) >= 11 is 0. The van der Waals surface area contributed by atoms with E-state index >= 15 is 0 Å². The minimum Gasteiger partial charge on any atom is -0.306 e. The first-order valence-corrected chi connectivity index (χ1v) is 20.3. The van der Waals surface area contributed by atoms with Crippen molar-refractivity contribution in [3.05, 3.63) is 0 Å². The van der Waals surface area contributed by atoms with Gasteiger partial charge in [-0.1, -0.05) is 83.1 Å². The van der Waals surface area contributed by atoms with Crippen molar-refractivity contribution in [3.63, 3.8) is 0 Å².